The van der Waals surface area contributed by atoms with Crippen LogP contribution in [0.2, 0.25) is 0 Å². The summed E-state index contributed by atoms with van der Waals surface area (Å²) < 4.78 is 0. The third kappa shape index (κ3) is 2.25. The van der Waals surface area contributed by atoms with Crippen LogP contribution >= 0.6 is 0 Å². The standard InChI is InChI=1S/C17H24O3/c1-10(18)15(11(2)19)6-16(20)17-7-12-3-13(8-17)5-14(4-12)9-17/h12-15H,3-9H2,1-2H3. The van der Waals surface area contributed by atoms with Crippen molar-refractivity contribution in [1.29, 1.82) is 0 Å². The van der Waals surface area contributed by atoms with Gasteiger partial charge in [-0.1, -0.05) is 0 Å². The van der Waals surface area contributed by atoms with Gasteiger partial charge in [0.1, 0.15) is 17.3 Å². The summed E-state index contributed by atoms with van der Waals surface area (Å²) in [6, 6.07) is 0. The van der Waals surface area contributed by atoms with Crippen molar-refractivity contribution in [3.05, 3.63) is 0 Å². The molecule has 0 amide bonds. The Labute approximate surface area is 120 Å². The van der Waals surface area contributed by atoms with Crippen molar-refractivity contribution in [3.63, 3.8) is 0 Å². The van der Waals surface area contributed by atoms with Gasteiger partial charge in [0, 0.05) is 11.8 Å². The zero-order valence-corrected chi connectivity index (χ0v) is 12.5. The molecule has 4 rings (SSSR count). The number of carbonyl (C=O) groups is 3. The summed E-state index contributed by atoms with van der Waals surface area (Å²) in [5.41, 5.74) is -0.183. The Hall–Kier alpha value is -0.990. The van der Waals surface area contributed by atoms with Crippen molar-refractivity contribution in [2.75, 3.05) is 0 Å². The highest BCUT2D eigenvalue weighted by Crippen LogP contribution is 2.60. The molecule has 0 unspecified atom stereocenters. The van der Waals surface area contributed by atoms with E-state index >= 15 is 0 Å². The van der Waals surface area contributed by atoms with Gasteiger partial charge in [-0.05, 0) is 70.1 Å². The number of hydrogen-bond acceptors (Lipinski definition) is 3. The van der Waals surface area contributed by atoms with E-state index in [0.717, 1.165) is 37.0 Å². The van der Waals surface area contributed by atoms with Crippen LogP contribution in [0.25, 0.3) is 0 Å². The molecule has 4 bridgehead atoms. The van der Waals surface area contributed by atoms with Gasteiger partial charge in [-0.15, -0.1) is 0 Å². The van der Waals surface area contributed by atoms with Gasteiger partial charge in [0.2, 0.25) is 0 Å². The van der Waals surface area contributed by atoms with Gasteiger partial charge in [-0.25, -0.2) is 0 Å². The van der Waals surface area contributed by atoms with E-state index in [0.29, 0.717) is 0 Å². The average molecular weight is 276 g/mol. The quantitative estimate of drug-likeness (QED) is 0.725. The van der Waals surface area contributed by atoms with Crippen LogP contribution in [0.15, 0.2) is 0 Å². The maximum atomic E-state index is 12.8. The topological polar surface area (TPSA) is 51.2 Å². The van der Waals surface area contributed by atoms with E-state index < -0.39 is 5.92 Å². The predicted octanol–water partition coefficient (Wildman–Crippen LogP) is 2.96. The lowest BCUT2D eigenvalue weighted by Gasteiger charge is -2.56. The molecule has 0 radical (unpaired) electrons. The van der Waals surface area contributed by atoms with Crippen molar-refractivity contribution in [2.45, 2.75) is 58.8 Å². The summed E-state index contributed by atoms with van der Waals surface area (Å²) in [4.78, 5) is 36.0. The first-order chi connectivity index (χ1) is 9.39. The Balaban J connectivity index is 1.77. The second-order valence-corrected chi connectivity index (χ2v) is 7.60. The maximum Gasteiger partial charge on any atom is 0.140 e. The molecule has 3 nitrogen and oxygen atoms in total. The highest BCUT2D eigenvalue weighted by molar-refractivity contribution is 6.04. The van der Waals surface area contributed by atoms with Gasteiger partial charge in [0.25, 0.3) is 0 Å². The molecule has 4 fully saturated rings. The van der Waals surface area contributed by atoms with E-state index in [4.69, 9.17) is 0 Å². The van der Waals surface area contributed by atoms with Gasteiger partial charge in [0.05, 0.1) is 5.92 Å². The summed E-state index contributed by atoms with van der Waals surface area (Å²) in [6.07, 6.45) is 7.10. The molecular weight excluding hydrogens is 252 g/mol. The number of carbonyl (C=O) groups excluding carboxylic acids is 3. The lowest BCUT2D eigenvalue weighted by Crippen LogP contribution is -2.50. The molecular formula is C17H24O3. The highest BCUT2D eigenvalue weighted by atomic mass is 16.2. The van der Waals surface area contributed by atoms with Gasteiger partial charge < -0.3 is 0 Å². The third-order valence-corrected chi connectivity index (χ3v) is 6.00. The summed E-state index contributed by atoms with van der Waals surface area (Å²) in [5.74, 6) is 1.35. The van der Waals surface area contributed by atoms with Crippen molar-refractivity contribution < 1.29 is 14.4 Å². The molecule has 0 N–H and O–H groups in total. The molecule has 0 saturated heterocycles. The monoisotopic (exact) mass is 276 g/mol. The fourth-order valence-corrected chi connectivity index (χ4v) is 5.43. The summed E-state index contributed by atoms with van der Waals surface area (Å²) in [6.45, 7) is 2.86. The van der Waals surface area contributed by atoms with E-state index in [2.05, 4.69) is 0 Å². The summed E-state index contributed by atoms with van der Waals surface area (Å²) >= 11 is 0. The predicted molar refractivity (Wildman–Crippen MR) is 75.1 cm³/mol. The Morgan fingerprint density at radius 2 is 1.30 bits per heavy atom. The van der Waals surface area contributed by atoms with Crippen molar-refractivity contribution in [2.24, 2.45) is 29.1 Å². The fourth-order valence-electron chi connectivity index (χ4n) is 5.43. The molecule has 0 atom stereocenters. The second kappa shape index (κ2) is 4.78. The van der Waals surface area contributed by atoms with Crippen LogP contribution in [0.5, 0.6) is 0 Å². The van der Waals surface area contributed by atoms with Crippen LogP contribution in [0.3, 0.4) is 0 Å². The van der Waals surface area contributed by atoms with Crippen molar-refractivity contribution in [1.82, 2.24) is 0 Å². The van der Waals surface area contributed by atoms with Crippen LogP contribution < -0.4 is 0 Å². The Bertz CT molecular complexity index is 414. The van der Waals surface area contributed by atoms with E-state index in [1.807, 2.05) is 0 Å². The first-order valence-corrected chi connectivity index (χ1v) is 7.94. The Kier molecular flexibility index (Phi) is 3.34. The lowest BCUT2D eigenvalue weighted by molar-refractivity contribution is -0.148. The molecule has 0 aromatic rings. The number of hydrogen-bond donors (Lipinski definition) is 0. The number of rotatable bonds is 5. The molecule has 0 heterocycles. The maximum absolute atomic E-state index is 12.8. The number of Topliss-reactive ketones (excluding diaryl/α,β-unsaturated/α-hetero) is 3. The second-order valence-electron chi connectivity index (χ2n) is 7.60. The van der Waals surface area contributed by atoms with Crippen LogP contribution in [0, 0.1) is 29.1 Å². The average Bonchev–Trinajstić information content (AvgIpc) is 2.32. The van der Waals surface area contributed by atoms with Crippen LogP contribution in [-0.2, 0) is 14.4 Å². The molecule has 3 heteroatoms. The zero-order valence-electron chi connectivity index (χ0n) is 12.5. The lowest BCUT2D eigenvalue weighted by atomic mass is 9.48. The molecule has 0 aliphatic heterocycles. The van der Waals surface area contributed by atoms with Crippen LogP contribution in [0.1, 0.15) is 58.8 Å². The molecule has 4 aliphatic carbocycles. The minimum Gasteiger partial charge on any atom is -0.299 e. The smallest absolute Gasteiger partial charge is 0.140 e. The summed E-state index contributed by atoms with van der Waals surface area (Å²) in [7, 11) is 0. The third-order valence-electron chi connectivity index (χ3n) is 6.00. The van der Waals surface area contributed by atoms with E-state index in [9.17, 15) is 14.4 Å². The minimum absolute atomic E-state index is 0.150. The van der Waals surface area contributed by atoms with Crippen LogP contribution in [0.4, 0.5) is 0 Å². The number of ketones is 3. The molecule has 110 valence electrons. The molecule has 4 saturated carbocycles. The van der Waals surface area contributed by atoms with E-state index in [-0.39, 0.29) is 29.2 Å². The highest BCUT2D eigenvalue weighted by Gasteiger charge is 2.54. The van der Waals surface area contributed by atoms with Gasteiger partial charge in [-0.3, -0.25) is 14.4 Å². The van der Waals surface area contributed by atoms with Gasteiger partial charge >= 0.3 is 0 Å². The molecule has 0 spiro atoms. The minimum atomic E-state index is -0.699. The van der Waals surface area contributed by atoms with Crippen LogP contribution in [-0.4, -0.2) is 17.3 Å². The van der Waals surface area contributed by atoms with Gasteiger partial charge in [-0.2, -0.15) is 0 Å². The van der Waals surface area contributed by atoms with Crippen molar-refractivity contribution in [3.8, 4) is 0 Å². The molecule has 20 heavy (non-hydrogen) atoms. The normalized spacial score (nSPS) is 38.2. The van der Waals surface area contributed by atoms with Crippen molar-refractivity contribution >= 4 is 17.3 Å². The molecule has 0 aromatic heterocycles. The zero-order chi connectivity index (χ0) is 14.5. The fraction of sp³-hybridized carbons (Fsp3) is 0.824. The SMILES string of the molecule is CC(=O)C(CC(=O)C12CC3CC(CC(C3)C1)C2)C(C)=O. The Morgan fingerprint density at radius 3 is 1.65 bits per heavy atom. The van der Waals surface area contributed by atoms with Gasteiger partial charge in [0.15, 0.2) is 0 Å². The first-order valence-electron chi connectivity index (χ1n) is 7.94. The first kappa shape index (κ1) is 14.0. The van der Waals surface area contributed by atoms with E-state index in [1.54, 1.807) is 0 Å². The molecule has 4 aliphatic rings. The largest absolute Gasteiger partial charge is 0.299 e. The van der Waals surface area contributed by atoms with E-state index in [1.165, 1.54) is 33.1 Å². The Morgan fingerprint density at radius 1 is 0.900 bits per heavy atom. The summed E-state index contributed by atoms with van der Waals surface area (Å²) in [5, 5.41) is 0. The molecule has 0 aromatic carbocycles.